The molecular weight excluding hydrogens is 855 g/mol. The zero-order valence-electron chi connectivity index (χ0n) is 45.5. The number of esters is 2. The molecule has 0 amide bonds. The second kappa shape index (κ2) is 32.7. The molecule has 0 radical (unpaired) electrons. The molecule has 0 spiro atoms. The molecule has 5 aliphatic carbocycles. The van der Waals surface area contributed by atoms with E-state index in [0.29, 0.717) is 19.6 Å². The highest BCUT2D eigenvalue weighted by molar-refractivity contribution is 5.73. The van der Waals surface area contributed by atoms with Gasteiger partial charge >= 0.3 is 11.9 Å². The molecule has 1 aliphatic heterocycles. The molecule has 69 heavy (non-hydrogen) atoms. The third kappa shape index (κ3) is 22.7. The molecule has 0 aromatic rings. The first-order valence-electron chi connectivity index (χ1n) is 30.7. The molecule has 12 atom stereocenters. The Morgan fingerprint density at radius 1 is 0.551 bits per heavy atom. The molecule has 6 fully saturated rings. The van der Waals surface area contributed by atoms with Crippen molar-refractivity contribution in [3.63, 3.8) is 0 Å². The van der Waals surface area contributed by atoms with Gasteiger partial charge in [-0.1, -0.05) is 161 Å². The molecule has 12 unspecified atom stereocenters. The SMILES string of the molecule is CC/C=C\CC1C(CC(=O)OCC(COCCCCCCCCC2CC2CC2CC2CCCCC)OCCCCCCCCC2CC2CC2CC2CCCCC)CCC1OC(=O)C1CCN(C)CC1. The Labute approximate surface area is 425 Å². The van der Waals surface area contributed by atoms with E-state index in [0.717, 1.165) is 118 Å². The van der Waals surface area contributed by atoms with Crippen LogP contribution >= 0.6 is 0 Å². The van der Waals surface area contributed by atoms with E-state index in [2.05, 4.69) is 44.9 Å². The third-order valence-corrected chi connectivity index (χ3v) is 18.5. The van der Waals surface area contributed by atoms with Crippen LogP contribution in [0.2, 0.25) is 0 Å². The van der Waals surface area contributed by atoms with E-state index in [1.807, 2.05) is 0 Å². The summed E-state index contributed by atoms with van der Waals surface area (Å²) in [5.41, 5.74) is 0. The van der Waals surface area contributed by atoms with Crippen molar-refractivity contribution in [1.82, 2.24) is 4.90 Å². The monoisotopic (exact) mass is 964 g/mol. The van der Waals surface area contributed by atoms with Crippen LogP contribution in [0.15, 0.2) is 12.2 Å². The molecule has 398 valence electrons. The van der Waals surface area contributed by atoms with Crippen LogP contribution in [0.25, 0.3) is 0 Å². The molecule has 7 heteroatoms. The summed E-state index contributed by atoms with van der Waals surface area (Å²) in [6.45, 7) is 10.8. The number of piperidine rings is 1. The number of likely N-dealkylation sites (tertiary alicyclic amines) is 1. The van der Waals surface area contributed by atoms with Crippen LogP contribution in [-0.2, 0) is 28.5 Å². The summed E-state index contributed by atoms with van der Waals surface area (Å²) in [5.74, 6) is 8.66. The van der Waals surface area contributed by atoms with Gasteiger partial charge in [0.2, 0.25) is 0 Å². The normalized spacial score (nSPS) is 30.2. The van der Waals surface area contributed by atoms with E-state index in [-0.39, 0.29) is 48.5 Å². The molecule has 0 N–H and O–H groups in total. The van der Waals surface area contributed by atoms with Gasteiger partial charge in [-0.2, -0.15) is 0 Å². The van der Waals surface area contributed by atoms with E-state index in [1.165, 1.54) is 154 Å². The molecule has 1 heterocycles. The standard InChI is InChI=1S/C62H109NO6/c1-5-8-19-26-49-39-54(49)43-56-41-51(56)28-22-15-11-13-17-24-37-66-46-58(67-38-25-18-14-12-16-23-29-52-42-57(52)44-55-40-50(55)27-20-9-6-2)47-68-61(64)45-53-31-32-60(59(53)30-21-10-7-3)69-62(65)48-33-35-63(4)36-34-48/h10,21,48-60H,5-9,11-20,22-47H2,1-4H3/b21-10-. The predicted octanol–water partition coefficient (Wildman–Crippen LogP) is 15.9. The Morgan fingerprint density at radius 3 is 1.59 bits per heavy atom. The molecule has 6 rings (SSSR count). The summed E-state index contributed by atoms with van der Waals surface area (Å²) in [4.78, 5) is 29.0. The first-order valence-corrected chi connectivity index (χ1v) is 30.7. The zero-order chi connectivity index (χ0) is 48.5. The van der Waals surface area contributed by atoms with E-state index in [9.17, 15) is 9.59 Å². The van der Waals surface area contributed by atoms with Crippen LogP contribution in [0, 0.1) is 65.1 Å². The molecule has 5 saturated carbocycles. The number of hydrogen-bond donors (Lipinski definition) is 0. The maximum atomic E-state index is 13.5. The lowest BCUT2D eigenvalue weighted by atomic mass is 9.88. The zero-order valence-corrected chi connectivity index (χ0v) is 45.5. The van der Waals surface area contributed by atoms with E-state index in [1.54, 1.807) is 12.8 Å². The highest BCUT2D eigenvalue weighted by Crippen LogP contribution is 2.56. The van der Waals surface area contributed by atoms with Crippen molar-refractivity contribution in [2.24, 2.45) is 65.1 Å². The summed E-state index contributed by atoms with van der Waals surface area (Å²) < 4.78 is 24.9. The van der Waals surface area contributed by atoms with Crippen LogP contribution in [0.1, 0.15) is 245 Å². The van der Waals surface area contributed by atoms with Crippen molar-refractivity contribution in [3.8, 4) is 0 Å². The number of ether oxygens (including phenoxy) is 4. The number of carbonyl (C=O) groups is 2. The van der Waals surface area contributed by atoms with E-state index >= 15 is 0 Å². The van der Waals surface area contributed by atoms with Crippen LogP contribution in [0.4, 0.5) is 0 Å². The highest BCUT2D eigenvalue weighted by Gasteiger charge is 2.46. The van der Waals surface area contributed by atoms with Crippen LogP contribution in [0.5, 0.6) is 0 Å². The Balaban J connectivity index is 0.826. The fraction of sp³-hybridized carbons (Fsp3) is 0.935. The van der Waals surface area contributed by atoms with Gasteiger partial charge in [0.15, 0.2) is 0 Å². The summed E-state index contributed by atoms with van der Waals surface area (Å²) in [6, 6.07) is 0. The van der Waals surface area contributed by atoms with Crippen LogP contribution < -0.4 is 0 Å². The topological polar surface area (TPSA) is 74.3 Å². The summed E-state index contributed by atoms with van der Waals surface area (Å²) >= 11 is 0. The molecule has 0 aromatic heterocycles. The van der Waals surface area contributed by atoms with Gasteiger partial charge in [-0.25, -0.2) is 0 Å². The van der Waals surface area contributed by atoms with Crippen molar-refractivity contribution in [1.29, 1.82) is 0 Å². The Morgan fingerprint density at radius 2 is 1.06 bits per heavy atom. The lowest BCUT2D eigenvalue weighted by Crippen LogP contribution is -2.36. The second-order valence-electron chi connectivity index (χ2n) is 24.4. The fourth-order valence-corrected chi connectivity index (χ4v) is 13.3. The Kier molecular flexibility index (Phi) is 26.9. The molecule has 6 aliphatic rings. The van der Waals surface area contributed by atoms with Crippen LogP contribution in [0.3, 0.4) is 0 Å². The van der Waals surface area contributed by atoms with Crippen molar-refractivity contribution in [2.75, 3.05) is 46.6 Å². The lowest BCUT2D eigenvalue weighted by Gasteiger charge is -2.30. The van der Waals surface area contributed by atoms with Gasteiger partial charge in [-0.05, 0) is 163 Å². The number of nitrogens with zero attached hydrogens (tertiary/aromatic N) is 1. The predicted molar refractivity (Wildman–Crippen MR) is 285 cm³/mol. The molecule has 0 bridgehead atoms. The average molecular weight is 965 g/mol. The largest absolute Gasteiger partial charge is 0.463 e. The van der Waals surface area contributed by atoms with Gasteiger partial charge in [0.25, 0.3) is 0 Å². The van der Waals surface area contributed by atoms with Crippen molar-refractivity contribution >= 4 is 11.9 Å². The number of carbonyl (C=O) groups excluding carboxylic acids is 2. The first kappa shape index (κ1) is 56.8. The van der Waals surface area contributed by atoms with Gasteiger partial charge in [-0.15, -0.1) is 0 Å². The van der Waals surface area contributed by atoms with Crippen LogP contribution in [-0.4, -0.2) is 75.6 Å². The lowest BCUT2D eigenvalue weighted by molar-refractivity contribution is -0.158. The van der Waals surface area contributed by atoms with Gasteiger partial charge < -0.3 is 23.8 Å². The number of unbranched alkanes of at least 4 members (excludes halogenated alkanes) is 14. The van der Waals surface area contributed by atoms with Crippen molar-refractivity contribution in [2.45, 2.75) is 258 Å². The van der Waals surface area contributed by atoms with Gasteiger partial charge in [-0.3, -0.25) is 9.59 Å². The minimum absolute atomic E-state index is 0.00846. The minimum Gasteiger partial charge on any atom is -0.463 e. The van der Waals surface area contributed by atoms with E-state index in [4.69, 9.17) is 18.9 Å². The van der Waals surface area contributed by atoms with Crippen molar-refractivity contribution < 1.29 is 28.5 Å². The summed E-state index contributed by atoms with van der Waals surface area (Å²) in [7, 11) is 2.12. The van der Waals surface area contributed by atoms with Crippen molar-refractivity contribution in [3.05, 3.63) is 12.2 Å². The first-order chi connectivity index (χ1) is 33.8. The Bertz CT molecular complexity index is 1410. The highest BCUT2D eigenvalue weighted by atomic mass is 16.6. The average Bonchev–Trinajstić information content (AvgIpc) is 4.24. The van der Waals surface area contributed by atoms with E-state index < -0.39 is 0 Å². The maximum absolute atomic E-state index is 13.5. The van der Waals surface area contributed by atoms with Gasteiger partial charge in [0, 0.05) is 25.6 Å². The Hall–Kier alpha value is -1.44. The smallest absolute Gasteiger partial charge is 0.309 e. The molecule has 7 nitrogen and oxygen atoms in total. The fourth-order valence-electron chi connectivity index (χ4n) is 13.3. The van der Waals surface area contributed by atoms with Gasteiger partial charge in [0.1, 0.15) is 18.8 Å². The quantitative estimate of drug-likeness (QED) is 0.0343. The summed E-state index contributed by atoms with van der Waals surface area (Å²) in [6.07, 6.45) is 48.7. The maximum Gasteiger partial charge on any atom is 0.309 e. The number of allylic oxidation sites excluding steroid dienone is 2. The molecular formula is C62H109NO6. The molecule has 0 aromatic carbocycles. The summed E-state index contributed by atoms with van der Waals surface area (Å²) in [5, 5.41) is 0. The second-order valence-corrected chi connectivity index (χ2v) is 24.4. The minimum atomic E-state index is -0.240. The number of rotatable bonds is 42. The third-order valence-electron chi connectivity index (χ3n) is 18.5. The van der Waals surface area contributed by atoms with Gasteiger partial charge in [0.05, 0.1) is 12.5 Å². The molecule has 1 saturated heterocycles. The number of hydrogen-bond acceptors (Lipinski definition) is 7.